The molecule has 1 unspecified atom stereocenters. The molecule has 0 amide bonds. The number of benzene rings is 1. The minimum atomic E-state index is 0.127. The summed E-state index contributed by atoms with van der Waals surface area (Å²) < 4.78 is 6.84. The van der Waals surface area contributed by atoms with E-state index in [4.69, 9.17) is 4.74 Å². The molecule has 0 fully saturated rings. The van der Waals surface area contributed by atoms with Gasteiger partial charge in [0.1, 0.15) is 0 Å². The molecule has 21 heavy (non-hydrogen) atoms. The molecule has 1 N–H and O–H groups in total. The lowest BCUT2D eigenvalue weighted by Crippen LogP contribution is -2.19. The van der Waals surface area contributed by atoms with Crippen molar-refractivity contribution in [2.45, 2.75) is 39.5 Å². The number of pyridine rings is 1. The molecule has 0 bridgehead atoms. The van der Waals surface area contributed by atoms with Crippen LogP contribution >= 0.6 is 15.9 Å². The lowest BCUT2D eigenvalue weighted by molar-refractivity contribution is 0.229. The Balaban J connectivity index is 2.01. The average Bonchev–Trinajstić information content (AvgIpc) is 2.46. The van der Waals surface area contributed by atoms with Gasteiger partial charge in [-0.15, -0.1) is 0 Å². The van der Waals surface area contributed by atoms with Crippen LogP contribution in [0.15, 0.2) is 47.1 Å². The second kappa shape index (κ2) is 7.57. The fraction of sp³-hybridized carbons (Fsp3) is 0.353. The third-order valence-electron chi connectivity index (χ3n) is 3.17. The van der Waals surface area contributed by atoms with Crippen molar-refractivity contribution >= 4 is 15.9 Å². The van der Waals surface area contributed by atoms with Crippen molar-refractivity contribution in [3.8, 4) is 5.88 Å². The molecule has 0 saturated carbocycles. The Hall–Kier alpha value is -1.39. The number of nitrogens with one attached hydrogen (secondary N) is 1. The van der Waals surface area contributed by atoms with Gasteiger partial charge >= 0.3 is 0 Å². The number of aromatic nitrogens is 1. The highest BCUT2D eigenvalue weighted by molar-refractivity contribution is 9.10. The molecule has 112 valence electrons. The molecule has 0 aliphatic heterocycles. The van der Waals surface area contributed by atoms with Gasteiger partial charge in [0.2, 0.25) is 5.88 Å². The van der Waals surface area contributed by atoms with Gasteiger partial charge in [0, 0.05) is 28.8 Å². The summed E-state index contributed by atoms with van der Waals surface area (Å²) in [7, 11) is 0. The lowest BCUT2D eigenvalue weighted by Gasteiger charge is -2.17. The second-order valence-electron chi connectivity index (χ2n) is 5.29. The summed E-state index contributed by atoms with van der Waals surface area (Å²) in [6, 6.07) is 12.6. The number of hydrogen-bond donors (Lipinski definition) is 1. The summed E-state index contributed by atoms with van der Waals surface area (Å²) >= 11 is 3.46. The number of ether oxygens (including phenoxy) is 1. The fourth-order valence-electron chi connectivity index (χ4n) is 2.02. The van der Waals surface area contributed by atoms with E-state index in [9.17, 15) is 0 Å². The molecule has 1 atom stereocenters. The van der Waals surface area contributed by atoms with Gasteiger partial charge in [-0.05, 0) is 44.5 Å². The molecule has 4 heteroatoms. The molecule has 2 rings (SSSR count). The van der Waals surface area contributed by atoms with E-state index in [2.05, 4.69) is 57.4 Å². The van der Waals surface area contributed by atoms with E-state index in [1.54, 1.807) is 6.20 Å². The van der Waals surface area contributed by atoms with Crippen molar-refractivity contribution in [2.75, 3.05) is 0 Å². The van der Waals surface area contributed by atoms with Crippen molar-refractivity contribution in [2.24, 2.45) is 0 Å². The van der Waals surface area contributed by atoms with Crippen LogP contribution in [0, 0.1) is 0 Å². The van der Waals surface area contributed by atoms with Gasteiger partial charge in [-0.3, -0.25) is 0 Å². The van der Waals surface area contributed by atoms with E-state index in [0.29, 0.717) is 5.88 Å². The first-order valence-electron chi connectivity index (χ1n) is 7.15. The molecule has 0 radical (unpaired) electrons. The predicted octanol–water partition coefficient (Wildman–Crippen LogP) is 4.48. The fourth-order valence-corrected chi connectivity index (χ4v) is 2.28. The van der Waals surface area contributed by atoms with E-state index >= 15 is 0 Å². The predicted molar refractivity (Wildman–Crippen MR) is 89.4 cm³/mol. The highest BCUT2D eigenvalue weighted by Crippen LogP contribution is 2.19. The molecule has 1 aromatic heterocycles. The number of rotatable bonds is 6. The molecule has 0 saturated heterocycles. The summed E-state index contributed by atoms with van der Waals surface area (Å²) in [4.78, 5) is 4.31. The maximum absolute atomic E-state index is 5.74. The number of hydrogen-bond acceptors (Lipinski definition) is 3. The van der Waals surface area contributed by atoms with Crippen molar-refractivity contribution in [3.63, 3.8) is 0 Å². The van der Waals surface area contributed by atoms with E-state index in [-0.39, 0.29) is 12.1 Å². The Morgan fingerprint density at radius 2 is 1.86 bits per heavy atom. The molecule has 3 nitrogen and oxygen atoms in total. The highest BCUT2D eigenvalue weighted by atomic mass is 79.9. The summed E-state index contributed by atoms with van der Waals surface area (Å²) in [6.07, 6.45) is 1.89. The molecular weight excluding hydrogens is 328 g/mol. The summed E-state index contributed by atoms with van der Waals surface area (Å²) in [5.41, 5.74) is 2.34. The van der Waals surface area contributed by atoms with Gasteiger partial charge in [0.25, 0.3) is 0 Å². The van der Waals surface area contributed by atoms with Crippen LogP contribution in [0.3, 0.4) is 0 Å². The minimum Gasteiger partial charge on any atom is -0.475 e. The third kappa shape index (κ3) is 4.83. The van der Waals surface area contributed by atoms with E-state index < -0.39 is 0 Å². The maximum atomic E-state index is 5.74. The zero-order valence-electron chi connectivity index (χ0n) is 12.6. The second-order valence-corrected chi connectivity index (χ2v) is 6.20. The Kier molecular flexibility index (Phi) is 5.76. The van der Waals surface area contributed by atoms with Crippen LogP contribution in [0.2, 0.25) is 0 Å². The Bertz CT molecular complexity index is 569. The first kappa shape index (κ1) is 16.0. The average molecular weight is 349 g/mol. The normalized spacial score (nSPS) is 12.4. The van der Waals surface area contributed by atoms with Crippen LogP contribution in [0.4, 0.5) is 0 Å². The quantitative estimate of drug-likeness (QED) is 0.835. The standard InChI is InChI=1S/C17H21BrN2O/c1-12(2)21-17-15(5-4-10-19-17)11-20-13(3)14-6-8-16(18)9-7-14/h4-10,12-13,20H,11H2,1-3H3. The lowest BCUT2D eigenvalue weighted by atomic mass is 10.1. The van der Waals surface area contributed by atoms with Crippen LogP contribution in [-0.4, -0.2) is 11.1 Å². The molecule has 1 aromatic carbocycles. The molecule has 0 aliphatic carbocycles. The molecule has 0 aliphatic rings. The van der Waals surface area contributed by atoms with E-state index in [1.807, 2.05) is 26.0 Å². The number of nitrogens with zero attached hydrogens (tertiary/aromatic N) is 1. The van der Waals surface area contributed by atoms with Crippen LogP contribution in [0.5, 0.6) is 5.88 Å². The van der Waals surface area contributed by atoms with Crippen molar-refractivity contribution < 1.29 is 4.74 Å². The van der Waals surface area contributed by atoms with Gasteiger partial charge < -0.3 is 10.1 Å². The summed E-state index contributed by atoms with van der Waals surface area (Å²) in [5, 5.41) is 3.51. The smallest absolute Gasteiger partial charge is 0.218 e. The zero-order chi connectivity index (χ0) is 15.2. The Labute approximate surface area is 134 Å². The van der Waals surface area contributed by atoms with Gasteiger partial charge in [-0.2, -0.15) is 0 Å². The van der Waals surface area contributed by atoms with Crippen molar-refractivity contribution in [3.05, 3.63) is 58.2 Å². The van der Waals surface area contributed by atoms with Gasteiger partial charge in [0.05, 0.1) is 6.10 Å². The van der Waals surface area contributed by atoms with Crippen molar-refractivity contribution in [1.82, 2.24) is 10.3 Å². The van der Waals surface area contributed by atoms with Crippen LogP contribution in [-0.2, 0) is 6.54 Å². The minimum absolute atomic E-state index is 0.127. The monoisotopic (exact) mass is 348 g/mol. The van der Waals surface area contributed by atoms with Gasteiger partial charge in [-0.25, -0.2) is 4.98 Å². The zero-order valence-corrected chi connectivity index (χ0v) is 14.2. The van der Waals surface area contributed by atoms with Gasteiger partial charge in [0.15, 0.2) is 0 Å². The molecule has 2 aromatic rings. The first-order valence-corrected chi connectivity index (χ1v) is 7.95. The topological polar surface area (TPSA) is 34.1 Å². The molecule has 1 heterocycles. The Morgan fingerprint density at radius 3 is 2.52 bits per heavy atom. The van der Waals surface area contributed by atoms with E-state index in [1.165, 1.54) is 5.56 Å². The third-order valence-corrected chi connectivity index (χ3v) is 3.69. The molecular formula is C17H21BrN2O. The van der Waals surface area contributed by atoms with E-state index in [0.717, 1.165) is 16.6 Å². The Morgan fingerprint density at radius 1 is 1.14 bits per heavy atom. The molecule has 0 spiro atoms. The largest absolute Gasteiger partial charge is 0.475 e. The summed E-state index contributed by atoms with van der Waals surface area (Å²) in [5.74, 6) is 0.711. The van der Waals surface area contributed by atoms with Gasteiger partial charge in [-0.1, -0.05) is 34.1 Å². The summed E-state index contributed by atoms with van der Waals surface area (Å²) in [6.45, 7) is 6.91. The number of halogens is 1. The van der Waals surface area contributed by atoms with Crippen LogP contribution in [0.1, 0.15) is 37.9 Å². The highest BCUT2D eigenvalue weighted by Gasteiger charge is 2.09. The van der Waals surface area contributed by atoms with Crippen LogP contribution < -0.4 is 10.1 Å². The van der Waals surface area contributed by atoms with Crippen molar-refractivity contribution in [1.29, 1.82) is 0 Å². The SMILES string of the molecule is CC(C)Oc1ncccc1CNC(C)c1ccc(Br)cc1. The first-order chi connectivity index (χ1) is 10.1. The maximum Gasteiger partial charge on any atom is 0.218 e. The van der Waals surface area contributed by atoms with Crippen LogP contribution in [0.25, 0.3) is 0 Å².